The van der Waals surface area contributed by atoms with Crippen LogP contribution in [-0.2, 0) is 4.79 Å². The number of ketones is 1. The van der Waals surface area contributed by atoms with Crippen molar-refractivity contribution in [2.75, 3.05) is 13.1 Å². The maximum absolute atomic E-state index is 11.8. The van der Waals surface area contributed by atoms with Gasteiger partial charge in [-0.15, -0.1) is 6.58 Å². The van der Waals surface area contributed by atoms with E-state index in [1.807, 2.05) is 12.9 Å². The summed E-state index contributed by atoms with van der Waals surface area (Å²) in [5, 5.41) is 9.52. The van der Waals surface area contributed by atoms with Crippen molar-refractivity contribution in [3.63, 3.8) is 0 Å². The molecular weight excluding hydrogens is 201 g/mol. The van der Waals surface area contributed by atoms with Gasteiger partial charge in [-0.3, -0.25) is 4.79 Å². The predicted octanol–water partition coefficient (Wildman–Crippen LogP) is 1.34. The zero-order valence-corrected chi connectivity index (χ0v) is 9.98. The van der Waals surface area contributed by atoms with E-state index in [1.54, 1.807) is 0 Å². The Morgan fingerprint density at radius 3 is 2.62 bits per heavy atom. The summed E-state index contributed by atoms with van der Waals surface area (Å²) in [6.07, 6.45) is 5.59. The molecule has 88 valence electrons. The number of rotatable bonds is 2. The molecule has 2 fully saturated rings. The largest absolute Gasteiger partial charge is 0.437 e. The Balaban J connectivity index is 2.06. The van der Waals surface area contributed by atoms with Crippen molar-refractivity contribution in [3.8, 4) is 0 Å². The van der Waals surface area contributed by atoms with Gasteiger partial charge < -0.3 is 9.83 Å². The van der Waals surface area contributed by atoms with Crippen LogP contribution in [0, 0.1) is 11.3 Å². The van der Waals surface area contributed by atoms with Crippen LogP contribution < -0.4 is 0 Å². The summed E-state index contributed by atoms with van der Waals surface area (Å²) < 4.78 is 0. The SMILES string of the molecule is C=CC1C(=O)CCC12CCN(B(C)O)CC2. The van der Waals surface area contributed by atoms with Gasteiger partial charge in [0.05, 0.1) is 0 Å². The Hall–Kier alpha value is -0.605. The molecule has 1 spiro atoms. The Bertz CT molecular complexity index is 295. The van der Waals surface area contributed by atoms with E-state index < -0.39 is 0 Å². The first-order valence-electron chi connectivity index (χ1n) is 6.16. The van der Waals surface area contributed by atoms with Crippen LogP contribution in [0.2, 0.25) is 6.82 Å². The van der Waals surface area contributed by atoms with Crippen molar-refractivity contribution < 1.29 is 9.82 Å². The minimum Gasteiger partial charge on any atom is -0.437 e. The molecule has 2 aliphatic rings. The van der Waals surface area contributed by atoms with Gasteiger partial charge in [-0.2, -0.15) is 0 Å². The third-order valence-electron chi connectivity index (χ3n) is 4.43. The molecule has 16 heavy (non-hydrogen) atoms. The minimum atomic E-state index is -0.364. The molecule has 1 aliphatic heterocycles. The summed E-state index contributed by atoms with van der Waals surface area (Å²) in [5.74, 6) is 0.421. The number of carbonyl (C=O) groups excluding carboxylic acids is 1. The molecule has 0 aromatic carbocycles. The van der Waals surface area contributed by atoms with Gasteiger partial charge in [0.15, 0.2) is 0 Å². The second kappa shape index (κ2) is 4.34. The fourth-order valence-corrected chi connectivity index (χ4v) is 3.31. The Morgan fingerprint density at radius 1 is 1.50 bits per heavy atom. The van der Waals surface area contributed by atoms with E-state index >= 15 is 0 Å². The zero-order chi connectivity index (χ0) is 11.8. The molecule has 1 saturated carbocycles. The summed E-state index contributed by atoms with van der Waals surface area (Å²) in [5.41, 5.74) is 0.157. The van der Waals surface area contributed by atoms with Crippen LogP contribution in [0.1, 0.15) is 25.7 Å². The molecule has 1 saturated heterocycles. The number of Topliss-reactive ketones (excluding diaryl/α,β-unsaturated/α-hetero) is 1. The van der Waals surface area contributed by atoms with E-state index in [4.69, 9.17) is 0 Å². The lowest BCUT2D eigenvalue weighted by molar-refractivity contribution is -0.121. The van der Waals surface area contributed by atoms with Gasteiger partial charge in [-0.05, 0) is 44.6 Å². The molecule has 1 atom stereocenters. The first-order chi connectivity index (χ1) is 7.59. The molecule has 1 unspecified atom stereocenters. The first-order valence-corrected chi connectivity index (χ1v) is 6.16. The molecular formula is C12H20BNO2. The predicted molar refractivity (Wildman–Crippen MR) is 65.0 cm³/mol. The fourth-order valence-electron chi connectivity index (χ4n) is 3.31. The Kier molecular flexibility index (Phi) is 3.22. The van der Waals surface area contributed by atoms with Crippen LogP contribution in [0.4, 0.5) is 0 Å². The molecule has 0 bridgehead atoms. The highest BCUT2D eigenvalue weighted by Gasteiger charge is 2.48. The number of nitrogens with zero attached hydrogens (tertiary/aromatic N) is 1. The monoisotopic (exact) mass is 221 g/mol. The maximum atomic E-state index is 11.8. The normalized spacial score (nSPS) is 29.6. The van der Waals surface area contributed by atoms with Gasteiger partial charge in [0.2, 0.25) is 0 Å². The first kappa shape index (κ1) is 11.9. The molecule has 1 N–H and O–H groups in total. The molecule has 0 aromatic rings. The molecule has 3 nitrogen and oxygen atoms in total. The average molecular weight is 221 g/mol. The van der Waals surface area contributed by atoms with Crippen LogP contribution in [0.3, 0.4) is 0 Å². The summed E-state index contributed by atoms with van der Waals surface area (Å²) >= 11 is 0. The average Bonchev–Trinajstić information content (AvgIpc) is 2.56. The molecule has 0 radical (unpaired) electrons. The summed E-state index contributed by atoms with van der Waals surface area (Å²) in [7, 11) is -0.364. The van der Waals surface area contributed by atoms with Crippen molar-refractivity contribution in [1.82, 2.24) is 4.81 Å². The number of piperidine rings is 1. The van der Waals surface area contributed by atoms with Gasteiger partial charge in [-0.25, -0.2) is 0 Å². The van der Waals surface area contributed by atoms with Crippen LogP contribution in [-0.4, -0.2) is 35.8 Å². The highest BCUT2D eigenvalue weighted by Crippen LogP contribution is 2.49. The van der Waals surface area contributed by atoms with Gasteiger partial charge >= 0.3 is 7.05 Å². The van der Waals surface area contributed by atoms with Crippen LogP contribution in [0.25, 0.3) is 0 Å². The number of hydrogen-bond donors (Lipinski definition) is 1. The maximum Gasteiger partial charge on any atom is 0.376 e. The molecule has 2 rings (SSSR count). The van der Waals surface area contributed by atoms with E-state index in [9.17, 15) is 9.82 Å². The number of carbonyl (C=O) groups is 1. The number of allylic oxidation sites excluding steroid dienone is 1. The minimum absolute atomic E-state index is 0.0589. The van der Waals surface area contributed by atoms with Crippen molar-refractivity contribution in [3.05, 3.63) is 12.7 Å². The van der Waals surface area contributed by atoms with E-state index in [2.05, 4.69) is 11.4 Å². The lowest BCUT2D eigenvalue weighted by Gasteiger charge is -2.42. The van der Waals surface area contributed by atoms with E-state index in [-0.39, 0.29) is 18.4 Å². The fraction of sp³-hybridized carbons (Fsp3) is 0.750. The van der Waals surface area contributed by atoms with Crippen LogP contribution in [0.15, 0.2) is 12.7 Å². The summed E-state index contributed by atoms with van der Waals surface area (Å²) in [6, 6.07) is 0. The van der Waals surface area contributed by atoms with Gasteiger partial charge in [-0.1, -0.05) is 6.08 Å². The van der Waals surface area contributed by atoms with E-state index in [0.29, 0.717) is 12.2 Å². The highest BCUT2D eigenvalue weighted by atomic mass is 16.2. The van der Waals surface area contributed by atoms with Gasteiger partial charge in [0.25, 0.3) is 0 Å². The highest BCUT2D eigenvalue weighted by molar-refractivity contribution is 6.45. The Morgan fingerprint density at radius 2 is 2.12 bits per heavy atom. The molecule has 4 heteroatoms. The Labute approximate surface area is 97.6 Å². The van der Waals surface area contributed by atoms with Crippen molar-refractivity contribution in [1.29, 1.82) is 0 Å². The molecule has 0 aromatic heterocycles. The molecule has 1 heterocycles. The lowest BCUT2D eigenvalue weighted by Crippen LogP contribution is -2.47. The van der Waals surface area contributed by atoms with Crippen LogP contribution in [0.5, 0.6) is 0 Å². The van der Waals surface area contributed by atoms with Gasteiger partial charge in [0.1, 0.15) is 5.78 Å². The van der Waals surface area contributed by atoms with Crippen LogP contribution >= 0.6 is 0 Å². The third-order valence-corrected chi connectivity index (χ3v) is 4.43. The van der Waals surface area contributed by atoms with E-state index in [1.165, 1.54) is 0 Å². The lowest BCUT2D eigenvalue weighted by atomic mass is 9.68. The van der Waals surface area contributed by atoms with Crippen molar-refractivity contribution in [2.24, 2.45) is 11.3 Å². The molecule has 0 amide bonds. The zero-order valence-electron chi connectivity index (χ0n) is 9.98. The third kappa shape index (κ3) is 1.85. The summed E-state index contributed by atoms with van der Waals surface area (Å²) in [6.45, 7) is 7.42. The summed E-state index contributed by atoms with van der Waals surface area (Å²) in [4.78, 5) is 13.8. The van der Waals surface area contributed by atoms with Crippen molar-refractivity contribution >= 4 is 12.8 Å². The standard InChI is InChI=1S/C12H20BNO2/c1-3-10-11(15)4-5-12(10)6-8-14(9-7-12)13(2)16/h3,10,16H,1,4-9H2,2H3. The molecule has 1 aliphatic carbocycles. The number of hydrogen-bond acceptors (Lipinski definition) is 3. The van der Waals surface area contributed by atoms with E-state index in [0.717, 1.165) is 32.4 Å². The second-order valence-electron chi connectivity index (χ2n) is 5.21. The quantitative estimate of drug-likeness (QED) is 0.565. The smallest absolute Gasteiger partial charge is 0.376 e. The van der Waals surface area contributed by atoms with Crippen molar-refractivity contribution in [2.45, 2.75) is 32.5 Å². The second-order valence-corrected chi connectivity index (χ2v) is 5.21. The topological polar surface area (TPSA) is 40.5 Å². The van der Waals surface area contributed by atoms with Gasteiger partial charge in [0, 0.05) is 12.3 Å².